The van der Waals surface area contributed by atoms with E-state index in [1.54, 1.807) is 0 Å². The van der Waals surface area contributed by atoms with E-state index in [1.807, 2.05) is 0 Å². The van der Waals surface area contributed by atoms with Crippen LogP contribution in [0.25, 0.3) is 0 Å². The molecule has 21 heavy (non-hydrogen) atoms. The van der Waals surface area contributed by atoms with Crippen LogP contribution in [0.5, 0.6) is 0 Å². The fraction of sp³-hybridized carbons (Fsp3) is 0.385. The lowest BCUT2D eigenvalue weighted by atomic mass is 9.74. The molecule has 0 heterocycles. The number of nitrogens with one attached hydrogen (secondary N) is 2. The molecule has 1 saturated carbocycles. The van der Waals surface area contributed by atoms with Crippen molar-refractivity contribution in [2.75, 3.05) is 5.32 Å². The van der Waals surface area contributed by atoms with Crippen molar-refractivity contribution in [1.29, 1.82) is 0 Å². The second-order valence-corrected chi connectivity index (χ2v) is 5.03. The number of hydrogen-bond acceptors (Lipinski definition) is 2. The van der Waals surface area contributed by atoms with Crippen LogP contribution >= 0.6 is 0 Å². The Bertz CT molecular complexity index is 588. The van der Waals surface area contributed by atoms with Gasteiger partial charge in [-0.05, 0) is 19.3 Å². The molecule has 1 aromatic rings. The van der Waals surface area contributed by atoms with Gasteiger partial charge >= 0.3 is 12.0 Å². The molecule has 0 atom stereocenters. The summed E-state index contributed by atoms with van der Waals surface area (Å²) in [7, 11) is 0. The lowest BCUT2D eigenvalue weighted by molar-refractivity contribution is -0.139. The monoisotopic (exact) mass is 302 g/mol. The van der Waals surface area contributed by atoms with Gasteiger partial charge in [0.1, 0.15) is 5.82 Å². The van der Waals surface area contributed by atoms with E-state index in [9.17, 15) is 22.8 Å². The molecule has 2 rings (SSSR count). The molecule has 2 amide bonds. The number of benzene rings is 1. The van der Waals surface area contributed by atoms with Gasteiger partial charge in [0.25, 0.3) is 0 Å². The van der Waals surface area contributed by atoms with Crippen molar-refractivity contribution in [3.8, 4) is 0 Å². The second kappa shape index (κ2) is 5.63. The molecule has 0 saturated heterocycles. The molecule has 8 heteroatoms. The summed E-state index contributed by atoms with van der Waals surface area (Å²) in [4.78, 5) is 22.5. The molecule has 0 radical (unpaired) electrons. The van der Waals surface area contributed by atoms with Crippen molar-refractivity contribution in [2.24, 2.45) is 0 Å². The molecule has 3 N–H and O–H groups in total. The highest BCUT2D eigenvalue weighted by molar-refractivity contribution is 5.90. The summed E-state index contributed by atoms with van der Waals surface area (Å²) in [5.74, 6) is -4.84. The van der Waals surface area contributed by atoms with Gasteiger partial charge in [-0.25, -0.2) is 18.0 Å². The van der Waals surface area contributed by atoms with E-state index < -0.39 is 40.7 Å². The minimum Gasteiger partial charge on any atom is -0.481 e. The number of carboxylic acid groups (broad SMARTS) is 1. The first-order chi connectivity index (χ1) is 9.81. The van der Waals surface area contributed by atoms with Crippen LogP contribution in [0.2, 0.25) is 0 Å². The molecular formula is C13H13F3N2O3. The average molecular weight is 302 g/mol. The van der Waals surface area contributed by atoms with Gasteiger partial charge in [0.15, 0.2) is 11.6 Å². The van der Waals surface area contributed by atoms with E-state index >= 15 is 0 Å². The van der Waals surface area contributed by atoms with Crippen LogP contribution in [0.4, 0.5) is 23.7 Å². The molecule has 0 spiro atoms. The van der Waals surface area contributed by atoms with E-state index in [0.717, 1.165) is 6.42 Å². The largest absolute Gasteiger partial charge is 0.481 e. The lowest BCUT2D eigenvalue weighted by Crippen LogP contribution is -2.55. The smallest absolute Gasteiger partial charge is 0.319 e. The number of hydrogen-bond donors (Lipinski definition) is 3. The zero-order valence-electron chi connectivity index (χ0n) is 10.9. The van der Waals surface area contributed by atoms with Gasteiger partial charge in [-0.15, -0.1) is 0 Å². The third-order valence-electron chi connectivity index (χ3n) is 3.44. The van der Waals surface area contributed by atoms with Crippen LogP contribution < -0.4 is 10.6 Å². The van der Waals surface area contributed by atoms with E-state index in [-0.39, 0.29) is 6.42 Å². The third kappa shape index (κ3) is 3.45. The van der Waals surface area contributed by atoms with Crippen LogP contribution in [-0.4, -0.2) is 22.6 Å². The Morgan fingerprint density at radius 2 is 1.76 bits per heavy atom. The summed E-state index contributed by atoms with van der Waals surface area (Å²) in [6.45, 7) is 0. The molecule has 1 aromatic carbocycles. The fourth-order valence-corrected chi connectivity index (χ4v) is 2.25. The molecule has 5 nitrogen and oxygen atoms in total. The van der Waals surface area contributed by atoms with Crippen LogP contribution in [0, 0.1) is 17.5 Å². The first kappa shape index (κ1) is 15.1. The number of carbonyl (C=O) groups is 2. The molecule has 1 fully saturated rings. The lowest BCUT2D eigenvalue weighted by Gasteiger charge is -2.41. The van der Waals surface area contributed by atoms with Gasteiger partial charge in [-0.2, -0.15) is 0 Å². The zero-order chi connectivity index (χ0) is 15.6. The van der Waals surface area contributed by atoms with Gasteiger partial charge in [0.2, 0.25) is 0 Å². The molecule has 0 unspecified atom stereocenters. The highest BCUT2D eigenvalue weighted by Gasteiger charge is 2.40. The van der Waals surface area contributed by atoms with Crippen LogP contribution in [-0.2, 0) is 4.79 Å². The Morgan fingerprint density at radius 1 is 1.14 bits per heavy atom. The van der Waals surface area contributed by atoms with Gasteiger partial charge in [0, 0.05) is 12.1 Å². The maximum atomic E-state index is 13.4. The van der Waals surface area contributed by atoms with E-state index in [4.69, 9.17) is 5.11 Å². The third-order valence-corrected chi connectivity index (χ3v) is 3.44. The maximum absolute atomic E-state index is 13.4. The van der Waals surface area contributed by atoms with E-state index in [1.165, 1.54) is 0 Å². The summed E-state index contributed by atoms with van der Waals surface area (Å²) in [5, 5.41) is 13.3. The Morgan fingerprint density at radius 3 is 2.29 bits per heavy atom. The maximum Gasteiger partial charge on any atom is 0.319 e. The number of aliphatic carboxylic acids is 1. The zero-order valence-corrected chi connectivity index (χ0v) is 10.9. The highest BCUT2D eigenvalue weighted by atomic mass is 19.2. The van der Waals surface area contributed by atoms with Gasteiger partial charge in [-0.1, -0.05) is 0 Å². The summed E-state index contributed by atoms with van der Waals surface area (Å²) < 4.78 is 39.2. The molecule has 114 valence electrons. The Kier molecular flexibility index (Phi) is 4.06. The topological polar surface area (TPSA) is 78.4 Å². The molecular weight excluding hydrogens is 289 g/mol. The minimum absolute atomic E-state index is 0.249. The van der Waals surface area contributed by atoms with Crippen molar-refractivity contribution in [2.45, 2.75) is 31.2 Å². The molecule has 0 bridgehead atoms. The van der Waals surface area contributed by atoms with Gasteiger partial charge in [0.05, 0.1) is 17.6 Å². The number of carbonyl (C=O) groups excluding carboxylic acids is 1. The van der Waals surface area contributed by atoms with Gasteiger partial charge < -0.3 is 15.7 Å². The number of rotatable bonds is 4. The van der Waals surface area contributed by atoms with Crippen molar-refractivity contribution < 1.29 is 27.9 Å². The van der Waals surface area contributed by atoms with Crippen LogP contribution in [0.3, 0.4) is 0 Å². The number of urea groups is 1. The van der Waals surface area contributed by atoms with Crippen molar-refractivity contribution in [3.63, 3.8) is 0 Å². The minimum atomic E-state index is -1.36. The van der Waals surface area contributed by atoms with Gasteiger partial charge in [-0.3, -0.25) is 4.79 Å². The number of halogens is 3. The quantitative estimate of drug-likeness (QED) is 0.748. The van der Waals surface area contributed by atoms with Crippen molar-refractivity contribution >= 4 is 17.7 Å². The Balaban J connectivity index is 2.05. The molecule has 0 aromatic heterocycles. The number of amides is 2. The summed E-state index contributed by atoms with van der Waals surface area (Å²) >= 11 is 0. The molecule has 1 aliphatic rings. The van der Waals surface area contributed by atoms with E-state index in [2.05, 4.69) is 10.6 Å². The van der Waals surface area contributed by atoms with Crippen LogP contribution in [0.1, 0.15) is 25.7 Å². The predicted molar refractivity (Wildman–Crippen MR) is 67.3 cm³/mol. The predicted octanol–water partition coefficient (Wildman–Crippen LogP) is 2.62. The first-order valence-corrected chi connectivity index (χ1v) is 6.27. The average Bonchev–Trinajstić information content (AvgIpc) is 2.32. The van der Waals surface area contributed by atoms with E-state index in [0.29, 0.717) is 25.0 Å². The second-order valence-electron chi connectivity index (χ2n) is 5.03. The van der Waals surface area contributed by atoms with Crippen molar-refractivity contribution in [3.05, 3.63) is 29.6 Å². The SMILES string of the molecule is O=C(O)CC1(NC(=O)Nc2cc(F)c(F)cc2F)CCC1. The number of anilines is 1. The summed E-state index contributed by atoms with van der Waals surface area (Å²) in [6.07, 6.45) is 1.51. The van der Waals surface area contributed by atoms with Crippen molar-refractivity contribution in [1.82, 2.24) is 5.32 Å². The normalized spacial score (nSPS) is 16.0. The fourth-order valence-electron chi connectivity index (χ4n) is 2.25. The Hall–Kier alpha value is -2.25. The molecule has 1 aliphatic carbocycles. The summed E-state index contributed by atoms with van der Waals surface area (Å²) in [5.41, 5.74) is -1.39. The van der Waals surface area contributed by atoms with Crippen LogP contribution in [0.15, 0.2) is 12.1 Å². The summed E-state index contributed by atoms with van der Waals surface area (Å²) in [6, 6.07) is -0.0169. The molecule has 0 aliphatic heterocycles. The Labute approximate surface area is 118 Å². The highest BCUT2D eigenvalue weighted by Crippen LogP contribution is 2.35. The number of carboxylic acids is 1. The first-order valence-electron chi connectivity index (χ1n) is 6.27. The standard InChI is InChI=1S/C13H13F3N2O3/c14-7-4-9(16)10(5-8(7)15)17-12(21)18-13(2-1-3-13)6-11(19)20/h4-5H,1-3,6H2,(H,19,20)(H2,17,18,21).